The molecule has 1 aliphatic heterocycles. The van der Waals surface area contributed by atoms with Gasteiger partial charge in [-0.1, -0.05) is 0 Å². The number of sulfonamides is 1. The predicted molar refractivity (Wildman–Crippen MR) is 53.7 cm³/mol. The molecule has 0 radical (unpaired) electrons. The summed E-state index contributed by atoms with van der Waals surface area (Å²) in [6, 6.07) is 4.02. The van der Waals surface area contributed by atoms with Gasteiger partial charge < -0.3 is 10.6 Å². The summed E-state index contributed by atoms with van der Waals surface area (Å²) >= 11 is 0. The topological polar surface area (TPSA) is 101 Å². The average Bonchev–Trinajstić information content (AvgIpc) is 2.15. The van der Waals surface area contributed by atoms with Crippen molar-refractivity contribution < 1.29 is 13.2 Å². The fourth-order valence-corrected chi connectivity index (χ4v) is 1.92. The minimum atomic E-state index is -3.69. The maximum Gasteiger partial charge on any atom is 0.319 e. The van der Waals surface area contributed by atoms with E-state index in [1.807, 2.05) is 0 Å². The van der Waals surface area contributed by atoms with Crippen molar-refractivity contribution in [2.75, 3.05) is 5.32 Å². The van der Waals surface area contributed by atoms with Crippen LogP contribution in [0.1, 0.15) is 5.56 Å². The summed E-state index contributed by atoms with van der Waals surface area (Å²) in [7, 11) is -3.69. The van der Waals surface area contributed by atoms with Gasteiger partial charge >= 0.3 is 6.03 Å². The summed E-state index contributed by atoms with van der Waals surface area (Å²) in [5.74, 6) is 0. The lowest BCUT2D eigenvalue weighted by atomic mass is 10.1. The molecule has 0 spiro atoms. The Labute approximate surface area is 86.5 Å². The van der Waals surface area contributed by atoms with Gasteiger partial charge in [-0.05, 0) is 23.8 Å². The normalized spacial score (nSPS) is 15.1. The third-order valence-corrected chi connectivity index (χ3v) is 3.00. The van der Waals surface area contributed by atoms with E-state index in [1.54, 1.807) is 0 Å². The van der Waals surface area contributed by atoms with Gasteiger partial charge in [0.15, 0.2) is 0 Å². The van der Waals surface area contributed by atoms with Crippen molar-refractivity contribution >= 4 is 21.7 Å². The molecule has 1 heterocycles. The second-order valence-corrected chi connectivity index (χ2v) is 4.73. The SMILES string of the molecule is NS(=O)(=O)c1ccc2c(c1)CNC(=O)N2. The first-order chi connectivity index (χ1) is 6.97. The van der Waals surface area contributed by atoms with E-state index in [9.17, 15) is 13.2 Å². The molecule has 80 valence electrons. The van der Waals surface area contributed by atoms with Gasteiger partial charge in [0.2, 0.25) is 10.0 Å². The molecule has 1 aromatic carbocycles. The fraction of sp³-hybridized carbons (Fsp3) is 0.125. The van der Waals surface area contributed by atoms with Gasteiger partial charge in [-0.25, -0.2) is 18.4 Å². The zero-order chi connectivity index (χ0) is 11.1. The standard InChI is InChI=1S/C8H9N3O3S/c9-15(13,14)6-1-2-7-5(3-6)4-10-8(12)11-7/h1-3H,4H2,(H2,9,13,14)(H2,10,11,12). The molecule has 0 fully saturated rings. The van der Waals surface area contributed by atoms with Crippen LogP contribution in [0.15, 0.2) is 23.1 Å². The fourth-order valence-electron chi connectivity index (χ4n) is 1.36. The molecule has 4 N–H and O–H groups in total. The number of carbonyl (C=O) groups excluding carboxylic acids is 1. The molecule has 0 aromatic heterocycles. The average molecular weight is 227 g/mol. The van der Waals surface area contributed by atoms with E-state index in [4.69, 9.17) is 5.14 Å². The Hall–Kier alpha value is -1.60. The zero-order valence-electron chi connectivity index (χ0n) is 7.65. The molecule has 7 heteroatoms. The highest BCUT2D eigenvalue weighted by molar-refractivity contribution is 7.89. The van der Waals surface area contributed by atoms with Crippen molar-refractivity contribution in [1.82, 2.24) is 5.32 Å². The van der Waals surface area contributed by atoms with Crippen LogP contribution in [0.4, 0.5) is 10.5 Å². The summed E-state index contributed by atoms with van der Waals surface area (Å²) in [6.45, 7) is 0.296. The number of carbonyl (C=O) groups is 1. The summed E-state index contributed by atoms with van der Waals surface area (Å²) in [5, 5.41) is 10.1. The van der Waals surface area contributed by atoms with E-state index in [1.165, 1.54) is 18.2 Å². The minimum Gasteiger partial charge on any atom is -0.334 e. The molecule has 2 rings (SSSR count). The van der Waals surface area contributed by atoms with Crippen LogP contribution in [0.2, 0.25) is 0 Å². The highest BCUT2D eigenvalue weighted by Crippen LogP contribution is 2.21. The van der Waals surface area contributed by atoms with Gasteiger partial charge in [-0.15, -0.1) is 0 Å². The third-order valence-electron chi connectivity index (χ3n) is 2.09. The number of nitrogens with one attached hydrogen (secondary N) is 2. The van der Waals surface area contributed by atoms with E-state index in [2.05, 4.69) is 10.6 Å². The molecule has 1 aliphatic rings. The molecule has 0 bridgehead atoms. The molecule has 0 unspecified atom stereocenters. The molecule has 0 aliphatic carbocycles. The molecular weight excluding hydrogens is 218 g/mol. The molecule has 15 heavy (non-hydrogen) atoms. The van der Waals surface area contributed by atoms with E-state index in [-0.39, 0.29) is 10.9 Å². The Morgan fingerprint density at radius 1 is 1.33 bits per heavy atom. The van der Waals surface area contributed by atoms with Crippen LogP contribution < -0.4 is 15.8 Å². The number of nitrogens with two attached hydrogens (primary N) is 1. The van der Waals surface area contributed by atoms with Crippen LogP contribution in [-0.2, 0) is 16.6 Å². The smallest absolute Gasteiger partial charge is 0.319 e. The van der Waals surface area contributed by atoms with E-state index < -0.39 is 10.0 Å². The number of urea groups is 1. The molecule has 6 nitrogen and oxygen atoms in total. The summed E-state index contributed by atoms with van der Waals surface area (Å²) in [5.41, 5.74) is 1.30. The minimum absolute atomic E-state index is 0.0409. The van der Waals surface area contributed by atoms with Crippen LogP contribution in [0, 0.1) is 0 Å². The molecule has 0 atom stereocenters. The van der Waals surface area contributed by atoms with Gasteiger partial charge in [-0.2, -0.15) is 0 Å². The van der Waals surface area contributed by atoms with Crippen LogP contribution in [0.3, 0.4) is 0 Å². The Bertz CT molecular complexity index is 524. The van der Waals surface area contributed by atoms with Crippen molar-refractivity contribution in [2.24, 2.45) is 5.14 Å². The van der Waals surface area contributed by atoms with Crippen molar-refractivity contribution in [3.8, 4) is 0 Å². The van der Waals surface area contributed by atoms with Crippen LogP contribution >= 0.6 is 0 Å². The van der Waals surface area contributed by atoms with Crippen LogP contribution in [0.25, 0.3) is 0 Å². The number of hydrogen-bond acceptors (Lipinski definition) is 3. The maximum atomic E-state index is 11.1. The molecule has 0 saturated carbocycles. The zero-order valence-corrected chi connectivity index (χ0v) is 8.47. The van der Waals surface area contributed by atoms with Crippen LogP contribution in [-0.4, -0.2) is 14.4 Å². The lowest BCUT2D eigenvalue weighted by molar-refractivity contribution is 0.251. The Balaban J connectivity index is 2.48. The lowest BCUT2D eigenvalue weighted by Gasteiger charge is -2.18. The summed E-state index contributed by atoms with van der Waals surface area (Å²) < 4.78 is 22.1. The summed E-state index contributed by atoms with van der Waals surface area (Å²) in [4.78, 5) is 11.0. The molecule has 0 saturated heterocycles. The first kappa shape index (κ1) is 9.94. The van der Waals surface area contributed by atoms with E-state index in [0.29, 0.717) is 17.8 Å². The number of benzene rings is 1. The molecular formula is C8H9N3O3S. The van der Waals surface area contributed by atoms with E-state index >= 15 is 0 Å². The first-order valence-electron chi connectivity index (χ1n) is 4.17. The second-order valence-electron chi connectivity index (χ2n) is 3.17. The van der Waals surface area contributed by atoms with Gasteiger partial charge in [0.05, 0.1) is 4.90 Å². The first-order valence-corrected chi connectivity index (χ1v) is 5.72. The Morgan fingerprint density at radius 3 is 2.73 bits per heavy atom. The van der Waals surface area contributed by atoms with Crippen molar-refractivity contribution in [3.05, 3.63) is 23.8 Å². The molecule has 1 aromatic rings. The monoisotopic (exact) mass is 227 g/mol. The number of hydrogen-bond donors (Lipinski definition) is 3. The summed E-state index contributed by atoms with van der Waals surface area (Å²) in [6.07, 6.45) is 0. The Kier molecular flexibility index (Phi) is 2.13. The number of amides is 2. The van der Waals surface area contributed by atoms with Crippen molar-refractivity contribution in [1.29, 1.82) is 0 Å². The highest BCUT2D eigenvalue weighted by Gasteiger charge is 2.16. The van der Waals surface area contributed by atoms with Gasteiger partial charge in [0, 0.05) is 12.2 Å². The predicted octanol–water partition coefficient (Wildman–Crippen LogP) is -0.0309. The molecule has 2 amide bonds. The second kappa shape index (κ2) is 3.21. The quantitative estimate of drug-likeness (QED) is 0.627. The van der Waals surface area contributed by atoms with Gasteiger partial charge in [-0.3, -0.25) is 0 Å². The lowest BCUT2D eigenvalue weighted by Crippen LogP contribution is -2.33. The van der Waals surface area contributed by atoms with Crippen molar-refractivity contribution in [3.63, 3.8) is 0 Å². The third kappa shape index (κ3) is 1.92. The highest BCUT2D eigenvalue weighted by atomic mass is 32.2. The Morgan fingerprint density at radius 2 is 2.07 bits per heavy atom. The maximum absolute atomic E-state index is 11.1. The van der Waals surface area contributed by atoms with Crippen molar-refractivity contribution in [2.45, 2.75) is 11.4 Å². The number of anilines is 1. The van der Waals surface area contributed by atoms with Crippen LogP contribution in [0.5, 0.6) is 0 Å². The van der Waals surface area contributed by atoms with Gasteiger partial charge in [0.1, 0.15) is 0 Å². The van der Waals surface area contributed by atoms with Gasteiger partial charge in [0.25, 0.3) is 0 Å². The number of fused-ring (bicyclic) bond motifs is 1. The number of rotatable bonds is 1. The number of primary sulfonamides is 1. The largest absolute Gasteiger partial charge is 0.334 e. The van der Waals surface area contributed by atoms with E-state index in [0.717, 1.165) is 0 Å².